The third kappa shape index (κ3) is 4.47. The lowest BCUT2D eigenvalue weighted by Crippen LogP contribution is -2.12. The fourth-order valence-corrected chi connectivity index (χ4v) is 2.86. The highest BCUT2D eigenvalue weighted by Gasteiger charge is 2.19. The third-order valence-corrected chi connectivity index (χ3v) is 4.55. The van der Waals surface area contributed by atoms with Crippen LogP contribution in [0.3, 0.4) is 0 Å². The second kappa shape index (κ2) is 8.35. The van der Waals surface area contributed by atoms with Gasteiger partial charge in [-0.3, -0.25) is 19.6 Å². The summed E-state index contributed by atoms with van der Waals surface area (Å²) in [7, 11) is 0. The number of carbonyl (C=O) groups is 1. The predicted molar refractivity (Wildman–Crippen MR) is 108 cm³/mol. The standard InChI is InChI=1S/C21H19N5O3/c1-14-7-8-16(11-15(14)2)20-19(13-25(24-20)10-4-9-22)21(27)23-17-5-3-6-18(12-17)26(28)29/h3,5-8,11-13H,4,10H2,1-2H3,(H,23,27). The van der Waals surface area contributed by atoms with E-state index >= 15 is 0 Å². The van der Waals surface area contributed by atoms with E-state index < -0.39 is 10.8 Å². The van der Waals surface area contributed by atoms with Crippen LogP contribution in [0.25, 0.3) is 11.3 Å². The van der Waals surface area contributed by atoms with E-state index in [9.17, 15) is 14.9 Å². The Morgan fingerprint density at radius 1 is 1.24 bits per heavy atom. The molecule has 0 bridgehead atoms. The van der Waals surface area contributed by atoms with Crippen molar-refractivity contribution in [3.63, 3.8) is 0 Å². The number of nitrogens with one attached hydrogen (secondary N) is 1. The monoisotopic (exact) mass is 389 g/mol. The number of nitrogens with zero attached hydrogens (tertiary/aromatic N) is 4. The maximum Gasteiger partial charge on any atom is 0.271 e. The molecule has 3 rings (SSSR count). The molecule has 1 aromatic heterocycles. The van der Waals surface area contributed by atoms with Crippen molar-refractivity contribution >= 4 is 17.3 Å². The van der Waals surface area contributed by atoms with Crippen molar-refractivity contribution in [2.24, 2.45) is 0 Å². The lowest BCUT2D eigenvalue weighted by molar-refractivity contribution is -0.384. The lowest BCUT2D eigenvalue weighted by atomic mass is 10.0. The summed E-state index contributed by atoms with van der Waals surface area (Å²) in [6.07, 6.45) is 1.86. The van der Waals surface area contributed by atoms with E-state index in [4.69, 9.17) is 5.26 Å². The Hall–Kier alpha value is -3.99. The zero-order valence-electron chi connectivity index (χ0n) is 16.0. The summed E-state index contributed by atoms with van der Waals surface area (Å²) in [5, 5.41) is 27.0. The highest BCUT2D eigenvalue weighted by atomic mass is 16.6. The molecule has 0 saturated carbocycles. The number of aryl methyl sites for hydroxylation is 3. The molecular weight excluding hydrogens is 370 g/mol. The van der Waals surface area contributed by atoms with Gasteiger partial charge in [0.1, 0.15) is 5.69 Å². The van der Waals surface area contributed by atoms with Gasteiger partial charge in [-0.1, -0.05) is 18.2 Å². The van der Waals surface area contributed by atoms with Crippen molar-refractivity contribution < 1.29 is 9.72 Å². The molecule has 0 unspecified atom stereocenters. The molecule has 3 aromatic rings. The summed E-state index contributed by atoms with van der Waals surface area (Å²) in [6.45, 7) is 4.34. The van der Waals surface area contributed by atoms with E-state index in [1.807, 2.05) is 32.0 Å². The fraction of sp³-hybridized carbons (Fsp3) is 0.190. The molecular formula is C21H19N5O3. The van der Waals surface area contributed by atoms with Gasteiger partial charge in [-0.25, -0.2) is 0 Å². The number of non-ortho nitro benzene ring substituents is 1. The highest BCUT2D eigenvalue weighted by Crippen LogP contribution is 2.26. The summed E-state index contributed by atoms with van der Waals surface area (Å²) >= 11 is 0. The lowest BCUT2D eigenvalue weighted by Gasteiger charge is -2.07. The van der Waals surface area contributed by atoms with Crippen LogP contribution in [0.1, 0.15) is 27.9 Å². The number of rotatable bonds is 6. The Bertz CT molecular complexity index is 1130. The second-order valence-electron chi connectivity index (χ2n) is 6.62. The molecule has 146 valence electrons. The average Bonchev–Trinajstić information content (AvgIpc) is 3.13. The van der Waals surface area contributed by atoms with E-state index in [0.717, 1.165) is 16.7 Å². The summed E-state index contributed by atoms with van der Waals surface area (Å²) in [6, 6.07) is 13.6. The molecule has 1 N–H and O–H groups in total. The van der Waals surface area contributed by atoms with Gasteiger partial charge in [-0.05, 0) is 37.1 Å². The van der Waals surface area contributed by atoms with Gasteiger partial charge in [-0.2, -0.15) is 10.4 Å². The molecule has 0 radical (unpaired) electrons. The maximum absolute atomic E-state index is 12.9. The van der Waals surface area contributed by atoms with Crippen LogP contribution in [0.2, 0.25) is 0 Å². The van der Waals surface area contributed by atoms with Crippen LogP contribution in [0.5, 0.6) is 0 Å². The molecule has 0 aliphatic rings. The molecule has 8 heteroatoms. The van der Waals surface area contributed by atoms with Crippen molar-refractivity contribution in [1.29, 1.82) is 5.26 Å². The van der Waals surface area contributed by atoms with Crippen LogP contribution in [0.15, 0.2) is 48.7 Å². The quantitative estimate of drug-likeness (QED) is 0.500. The second-order valence-corrected chi connectivity index (χ2v) is 6.62. The molecule has 0 fully saturated rings. The van der Waals surface area contributed by atoms with Crippen LogP contribution in [-0.2, 0) is 6.54 Å². The topological polar surface area (TPSA) is 114 Å². The van der Waals surface area contributed by atoms with Crippen molar-refractivity contribution in [1.82, 2.24) is 9.78 Å². The number of carbonyl (C=O) groups excluding carboxylic acids is 1. The molecule has 2 aromatic carbocycles. The van der Waals surface area contributed by atoms with Crippen molar-refractivity contribution in [2.75, 3.05) is 5.32 Å². The summed E-state index contributed by atoms with van der Waals surface area (Å²) < 4.78 is 1.57. The van der Waals surface area contributed by atoms with Crippen molar-refractivity contribution in [3.8, 4) is 17.3 Å². The maximum atomic E-state index is 12.9. The number of aromatic nitrogens is 2. The first-order valence-corrected chi connectivity index (χ1v) is 8.97. The van der Waals surface area contributed by atoms with Crippen LogP contribution >= 0.6 is 0 Å². The summed E-state index contributed by atoms with van der Waals surface area (Å²) in [5.41, 5.74) is 4.01. The Kier molecular flexibility index (Phi) is 5.69. The van der Waals surface area contributed by atoms with E-state index in [1.165, 1.54) is 18.2 Å². The number of amides is 1. The molecule has 0 saturated heterocycles. The Morgan fingerprint density at radius 2 is 2.03 bits per heavy atom. The number of nitro groups is 1. The first-order chi connectivity index (χ1) is 13.9. The van der Waals surface area contributed by atoms with Gasteiger partial charge in [0.05, 0.1) is 29.5 Å². The molecule has 0 spiro atoms. The largest absolute Gasteiger partial charge is 0.322 e. The third-order valence-electron chi connectivity index (χ3n) is 4.55. The molecule has 0 aliphatic heterocycles. The average molecular weight is 389 g/mol. The van der Waals surface area contributed by atoms with E-state index in [2.05, 4.69) is 16.5 Å². The minimum Gasteiger partial charge on any atom is -0.322 e. The van der Waals surface area contributed by atoms with Gasteiger partial charge in [0.15, 0.2) is 0 Å². The first kappa shape index (κ1) is 19.8. The Labute approximate surface area is 167 Å². The molecule has 8 nitrogen and oxygen atoms in total. The summed E-state index contributed by atoms with van der Waals surface area (Å²) in [5.74, 6) is -0.429. The van der Waals surface area contributed by atoms with Crippen LogP contribution in [0.4, 0.5) is 11.4 Å². The van der Waals surface area contributed by atoms with Gasteiger partial charge in [0.2, 0.25) is 0 Å². The molecule has 0 atom stereocenters. The smallest absolute Gasteiger partial charge is 0.271 e. The van der Waals surface area contributed by atoms with E-state index in [0.29, 0.717) is 23.5 Å². The molecule has 0 aliphatic carbocycles. The van der Waals surface area contributed by atoms with Crippen molar-refractivity contribution in [2.45, 2.75) is 26.8 Å². The first-order valence-electron chi connectivity index (χ1n) is 8.97. The SMILES string of the molecule is Cc1ccc(-c2nn(CCC#N)cc2C(=O)Nc2cccc([N+](=O)[O-])c2)cc1C. The molecule has 1 heterocycles. The Morgan fingerprint density at radius 3 is 2.72 bits per heavy atom. The molecule has 29 heavy (non-hydrogen) atoms. The van der Waals surface area contributed by atoms with E-state index in [1.54, 1.807) is 16.9 Å². The highest BCUT2D eigenvalue weighted by molar-refractivity contribution is 6.08. The van der Waals surface area contributed by atoms with Crippen molar-refractivity contribution in [3.05, 3.63) is 75.5 Å². The zero-order chi connectivity index (χ0) is 21.0. The number of hydrogen-bond acceptors (Lipinski definition) is 5. The fourth-order valence-electron chi connectivity index (χ4n) is 2.86. The minimum absolute atomic E-state index is 0.109. The van der Waals surface area contributed by atoms with Gasteiger partial charge in [-0.15, -0.1) is 0 Å². The Balaban J connectivity index is 1.98. The number of nitriles is 1. The number of nitro benzene ring substituents is 1. The zero-order valence-corrected chi connectivity index (χ0v) is 16.0. The van der Waals surface area contributed by atoms with Crippen LogP contribution in [-0.4, -0.2) is 20.6 Å². The molecule has 1 amide bonds. The van der Waals surface area contributed by atoms with Gasteiger partial charge in [0, 0.05) is 29.6 Å². The number of anilines is 1. The van der Waals surface area contributed by atoms with Gasteiger partial charge >= 0.3 is 0 Å². The number of hydrogen-bond donors (Lipinski definition) is 1. The normalized spacial score (nSPS) is 10.4. The van der Waals surface area contributed by atoms with E-state index in [-0.39, 0.29) is 12.1 Å². The van der Waals surface area contributed by atoms with Crippen LogP contribution < -0.4 is 5.32 Å². The van der Waals surface area contributed by atoms with Gasteiger partial charge in [0.25, 0.3) is 11.6 Å². The van der Waals surface area contributed by atoms with Gasteiger partial charge < -0.3 is 5.32 Å². The summed E-state index contributed by atoms with van der Waals surface area (Å²) in [4.78, 5) is 23.4. The minimum atomic E-state index is -0.518. The number of benzene rings is 2. The predicted octanol–water partition coefficient (Wildman–Crippen LogP) is 4.24. The van der Waals surface area contributed by atoms with Crippen LogP contribution in [0, 0.1) is 35.3 Å².